The third-order valence-corrected chi connectivity index (χ3v) is 6.66. The molecule has 0 spiro atoms. The van der Waals surface area contributed by atoms with E-state index in [0.29, 0.717) is 29.1 Å². The molecule has 7 rings (SSSR count). The average molecular weight is 620 g/mol. The van der Waals surface area contributed by atoms with Gasteiger partial charge in [-0.05, 0) is 76.2 Å². The molecular weight excluding hydrogens is 595 g/mol. The van der Waals surface area contributed by atoms with E-state index in [9.17, 15) is 4.79 Å². The molecule has 4 aromatic carbocycles. The number of halogens is 1. The molecule has 0 aliphatic carbocycles. The second-order valence-corrected chi connectivity index (χ2v) is 9.76. The van der Waals surface area contributed by atoms with Crippen molar-refractivity contribution < 1.29 is 23.4 Å². The molecule has 6 nitrogen and oxygen atoms in total. The molecule has 2 aliphatic heterocycles. The van der Waals surface area contributed by atoms with Gasteiger partial charge in [-0.25, -0.2) is 0 Å². The average Bonchev–Trinajstić information content (AvgIpc) is 2.98. The Bertz CT molecular complexity index is 1630. The van der Waals surface area contributed by atoms with E-state index in [-0.39, 0.29) is 17.8 Å². The van der Waals surface area contributed by atoms with Crippen molar-refractivity contribution in [3.63, 3.8) is 0 Å². The minimum Gasteiger partial charge on any atom is -0.497 e. The predicted octanol–water partition coefficient (Wildman–Crippen LogP) is 7.24. The summed E-state index contributed by atoms with van der Waals surface area (Å²) in [5, 5.41) is 0.495. The lowest BCUT2D eigenvalue weighted by molar-refractivity contribution is 0.269. The van der Waals surface area contributed by atoms with Crippen molar-refractivity contribution in [3.8, 4) is 34.3 Å². The van der Waals surface area contributed by atoms with Crippen LogP contribution in [0.5, 0.6) is 23.0 Å². The highest BCUT2D eigenvalue weighted by Gasteiger charge is 2.19. The van der Waals surface area contributed by atoms with Crippen molar-refractivity contribution in [2.24, 2.45) is 0 Å². The van der Waals surface area contributed by atoms with E-state index in [2.05, 4.69) is 22.6 Å². The van der Waals surface area contributed by atoms with Gasteiger partial charge in [0.2, 0.25) is 11.2 Å². The third kappa shape index (κ3) is 5.62. The van der Waals surface area contributed by atoms with Crippen LogP contribution in [0, 0.1) is 3.57 Å². The molecule has 0 radical (unpaired) electrons. The van der Waals surface area contributed by atoms with Crippen LogP contribution in [0.4, 0.5) is 0 Å². The summed E-state index contributed by atoms with van der Waals surface area (Å²) in [5.41, 5.74) is 3.21. The summed E-state index contributed by atoms with van der Waals surface area (Å²) in [7, 11) is 3.25. The second-order valence-electron chi connectivity index (χ2n) is 8.51. The van der Waals surface area contributed by atoms with Crippen LogP contribution in [-0.2, 0) is 13.2 Å². The Morgan fingerprint density at radius 3 is 2.37 bits per heavy atom. The summed E-state index contributed by atoms with van der Waals surface area (Å²) in [6.45, 7) is 0.969. The monoisotopic (exact) mass is 620 g/mol. The zero-order valence-electron chi connectivity index (χ0n) is 20.9. The van der Waals surface area contributed by atoms with Crippen LogP contribution in [0.2, 0.25) is 0 Å². The van der Waals surface area contributed by atoms with Crippen LogP contribution in [0.25, 0.3) is 22.3 Å². The maximum absolute atomic E-state index is 13.2. The van der Waals surface area contributed by atoms with Crippen molar-refractivity contribution in [3.05, 3.63) is 116 Å². The molecule has 38 heavy (non-hydrogen) atoms. The van der Waals surface area contributed by atoms with E-state index in [1.807, 2.05) is 84.9 Å². The Kier molecular flexibility index (Phi) is 7.83. The first kappa shape index (κ1) is 25.7. The van der Waals surface area contributed by atoms with Gasteiger partial charge in [0, 0.05) is 9.13 Å². The van der Waals surface area contributed by atoms with Crippen LogP contribution >= 0.6 is 22.6 Å². The topological polar surface area (TPSA) is 67.1 Å². The van der Waals surface area contributed by atoms with Gasteiger partial charge in [0.15, 0.2) is 17.3 Å². The summed E-state index contributed by atoms with van der Waals surface area (Å²) < 4.78 is 28.8. The number of fused-ring (bicyclic) bond motifs is 4. The lowest BCUT2D eigenvalue weighted by Crippen LogP contribution is -2.10. The van der Waals surface area contributed by atoms with Gasteiger partial charge in [0.25, 0.3) is 0 Å². The molecule has 3 heterocycles. The Balaban J connectivity index is 0.000000244. The van der Waals surface area contributed by atoms with E-state index in [1.54, 1.807) is 20.3 Å². The largest absolute Gasteiger partial charge is 0.497 e. The predicted molar refractivity (Wildman–Crippen MR) is 155 cm³/mol. The smallest absolute Gasteiger partial charge is 0.235 e. The van der Waals surface area contributed by atoms with E-state index < -0.39 is 0 Å². The maximum atomic E-state index is 13.2. The molecule has 0 N–H and O–H groups in total. The van der Waals surface area contributed by atoms with Gasteiger partial charge in [0.05, 0.1) is 19.6 Å². The van der Waals surface area contributed by atoms with Crippen molar-refractivity contribution >= 4 is 33.6 Å². The molecule has 0 fully saturated rings. The van der Waals surface area contributed by atoms with E-state index in [4.69, 9.17) is 23.4 Å². The normalized spacial score (nSPS) is 11.3. The first-order valence-corrected chi connectivity index (χ1v) is 13.0. The standard InChI is InChI=1S/C23H17IO4.C8H8O2/c1-26-18-9-5-8-16(12-18)22-23(27-14-15-6-3-2-4-7-15)21(25)19-11-10-17(24)13-20(19)28-22;1-9-8-4-6-2-3-7(8)10-5-6/h2-13H,14H2,1H3;2-4H,5H2,1H3. The van der Waals surface area contributed by atoms with Crippen LogP contribution in [0.15, 0.2) is 100 Å². The Morgan fingerprint density at radius 1 is 0.868 bits per heavy atom. The zero-order chi connectivity index (χ0) is 26.5. The van der Waals surface area contributed by atoms with E-state index >= 15 is 0 Å². The van der Waals surface area contributed by atoms with Gasteiger partial charge in [-0.1, -0.05) is 48.5 Å². The highest BCUT2D eigenvalue weighted by Crippen LogP contribution is 2.34. The van der Waals surface area contributed by atoms with E-state index in [1.165, 1.54) is 5.56 Å². The molecule has 5 aromatic rings. The SMILES string of the molecule is COc1cc2ccc1OC2.COc1cccc(-c2oc3cc(I)ccc3c(=O)c2OCc2ccccc2)c1. The zero-order valence-corrected chi connectivity index (χ0v) is 23.1. The first-order valence-electron chi connectivity index (χ1n) is 11.9. The van der Waals surface area contributed by atoms with Crippen LogP contribution in [0.1, 0.15) is 11.1 Å². The molecule has 2 bridgehead atoms. The minimum atomic E-state index is -0.189. The summed E-state index contributed by atoms with van der Waals surface area (Å²) in [5.74, 6) is 2.96. The van der Waals surface area contributed by atoms with Crippen molar-refractivity contribution in [2.45, 2.75) is 13.2 Å². The molecule has 0 atom stereocenters. The molecule has 0 amide bonds. The van der Waals surface area contributed by atoms with Crippen molar-refractivity contribution in [1.29, 1.82) is 0 Å². The van der Waals surface area contributed by atoms with Gasteiger partial charge >= 0.3 is 0 Å². The number of hydrogen-bond donors (Lipinski definition) is 0. The fourth-order valence-electron chi connectivity index (χ4n) is 4.05. The summed E-state index contributed by atoms with van der Waals surface area (Å²) >= 11 is 2.20. The van der Waals surface area contributed by atoms with Gasteiger partial charge in [-0.15, -0.1) is 0 Å². The molecular formula is C31H25IO6. The number of benzene rings is 4. The van der Waals surface area contributed by atoms with Gasteiger partial charge in [0.1, 0.15) is 24.5 Å². The molecule has 7 heteroatoms. The number of ether oxygens (including phenoxy) is 4. The van der Waals surface area contributed by atoms with Crippen LogP contribution < -0.4 is 24.4 Å². The molecule has 0 saturated heterocycles. The molecule has 0 unspecified atom stereocenters. The van der Waals surface area contributed by atoms with Gasteiger partial charge in [-0.3, -0.25) is 4.79 Å². The summed E-state index contributed by atoms with van der Waals surface area (Å²) in [4.78, 5) is 13.2. The highest BCUT2D eigenvalue weighted by molar-refractivity contribution is 14.1. The fourth-order valence-corrected chi connectivity index (χ4v) is 4.51. The molecule has 1 aromatic heterocycles. The minimum absolute atomic E-state index is 0.189. The molecule has 0 saturated carbocycles. The number of hydrogen-bond acceptors (Lipinski definition) is 6. The van der Waals surface area contributed by atoms with Crippen LogP contribution in [0.3, 0.4) is 0 Å². The van der Waals surface area contributed by atoms with Crippen molar-refractivity contribution in [2.75, 3.05) is 14.2 Å². The van der Waals surface area contributed by atoms with E-state index in [0.717, 1.165) is 26.2 Å². The summed E-state index contributed by atoms with van der Waals surface area (Å²) in [6.07, 6.45) is 0. The fraction of sp³-hybridized carbons (Fsp3) is 0.129. The van der Waals surface area contributed by atoms with Gasteiger partial charge in [-0.2, -0.15) is 0 Å². The Labute approximate surface area is 233 Å². The number of rotatable bonds is 6. The van der Waals surface area contributed by atoms with Crippen LogP contribution in [-0.4, -0.2) is 14.2 Å². The van der Waals surface area contributed by atoms with Crippen molar-refractivity contribution in [1.82, 2.24) is 0 Å². The first-order chi connectivity index (χ1) is 18.6. The Morgan fingerprint density at radius 2 is 1.71 bits per heavy atom. The lowest BCUT2D eigenvalue weighted by atomic mass is 10.1. The van der Waals surface area contributed by atoms with Gasteiger partial charge < -0.3 is 23.4 Å². The second kappa shape index (κ2) is 11.6. The molecule has 2 aliphatic rings. The maximum Gasteiger partial charge on any atom is 0.235 e. The lowest BCUT2D eigenvalue weighted by Gasteiger charge is -2.17. The summed E-state index contributed by atoms with van der Waals surface area (Å²) in [6, 6.07) is 28.6. The molecule has 192 valence electrons. The Hall–Kier alpha value is -3.98. The number of methoxy groups -OCH3 is 2. The third-order valence-electron chi connectivity index (χ3n) is 5.99. The quantitative estimate of drug-likeness (QED) is 0.187. The highest BCUT2D eigenvalue weighted by atomic mass is 127.